The molecule has 114 valence electrons. The summed E-state index contributed by atoms with van der Waals surface area (Å²) in [5, 5.41) is 17.4. The molecule has 2 saturated heterocycles. The number of ether oxygens (including phenoxy) is 2. The van der Waals surface area contributed by atoms with Crippen molar-refractivity contribution in [2.75, 3.05) is 26.3 Å². The van der Waals surface area contributed by atoms with Crippen LogP contribution in [-0.2, 0) is 16.1 Å². The van der Waals surface area contributed by atoms with Crippen molar-refractivity contribution in [3.05, 3.63) is 10.8 Å². The number of aromatic nitrogens is 4. The lowest BCUT2D eigenvalue weighted by Crippen LogP contribution is -2.58. The van der Waals surface area contributed by atoms with Crippen LogP contribution < -0.4 is 5.32 Å². The third-order valence-corrected chi connectivity index (χ3v) is 5.06. The minimum Gasteiger partial charge on any atom is -0.381 e. The van der Waals surface area contributed by atoms with E-state index in [1.54, 1.807) is 11.3 Å². The van der Waals surface area contributed by atoms with E-state index in [0.29, 0.717) is 12.5 Å². The van der Waals surface area contributed by atoms with Crippen LogP contribution in [0.2, 0.25) is 0 Å². The van der Waals surface area contributed by atoms with E-state index in [0.717, 1.165) is 54.9 Å². The van der Waals surface area contributed by atoms with Crippen molar-refractivity contribution in [2.24, 2.45) is 0 Å². The van der Waals surface area contributed by atoms with Crippen molar-refractivity contribution in [3.8, 4) is 0 Å². The number of nitrogens with one attached hydrogen (secondary N) is 1. The van der Waals surface area contributed by atoms with Gasteiger partial charge < -0.3 is 14.8 Å². The Balaban J connectivity index is 1.51. The SMILES string of the molecule is CC1(OCc2nn3c(C4CCOCC4)nnc3s2)CNC1. The second-order valence-corrected chi connectivity index (χ2v) is 7.02. The first kappa shape index (κ1) is 13.6. The van der Waals surface area contributed by atoms with Gasteiger partial charge in [-0.15, -0.1) is 10.2 Å². The van der Waals surface area contributed by atoms with E-state index in [1.807, 2.05) is 4.52 Å². The lowest BCUT2D eigenvalue weighted by Gasteiger charge is -2.38. The Bertz CT molecular complexity index is 630. The molecule has 0 unspecified atom stereocenters. The standard InChI is InChI=1S/C13H19N5O2S/c1-13(7-14-8-13)20-6-10-17-18-11(15-16-12(18)21-10)9-2-4-19-5-3-9/h9,14H,2-8H2,1H3. The van der Waals surface area contributed by atoms with Gasteiger partial charge in [-0.3, -0.25) is 0 Å². The molecule has 0 aromatic carbocycles. The molecule has 0 saturated carbocycles. The molecule has 1 N–H and O–H groups in total. The second-order valence-electron chi connectivity index (χ2n) is 5.98. The highest BCUT2D eigenvalue weighted by atomic mass is 32.1. The van der Waals surface area contributed by atoms with Gasteiger partial charge in [-0.05, 0) is 19.8 Å². The highest BCUT2D eigenvalue weighted by Gasteiger charge is 2.33. The minimum absolute atomic E-state index is 0.0461. The van der Waals surface area contributed by atoms with Crippen molar-refractivity contribution in [3.63, 3.8) is 0 Å². The third kappa shape index (κ3) is 2.57. The van der Waals surface area contributed by atoms with Crippen molar-refractivity contribution < 1.29 is 9.47 Å². The largest absolute Gasteiger partial charge is 0.381 e. The van der Waals surface area contributed by atoms with E-state index in [4.69, 9.17) is 9.47 Å². The molecule has 21 heavy (non-hydrogen) atoms. The van der Waals surface area contributed by atoms with E-state index in [1.165, 1.54) is 0 Å². The van der Waals surface area contributed by atoms with Crippen LogP contribution in [0.25, 0.3) is 4.96 Å². The third-order valence-electron chi connectivity index (χ3n) is 4.19. The van der Waals surface area contributed by atoms with Crippen molar-refractivity contribution >= 4 is 16.3 Å². The van der Waals surface area contributed by atoms with Crippen LogP contribution in [0.5, 0.6) is 0 Å². The normalized spacial score (nSPS) is 22.5. The Morgan fingerprint density at radius 3 is 2.90 bits per heavy atom. The van der Waals surface area contributed by atoms with Crippen LogP contribution in [0.4, 0.5) is 0 Å². The maximum absolute atomic E-state index is 5.94. The zero-order chi connectivity index (χ0) is 14.3. The quantitative estimate of drug-likeness (QED) is 0.907. The molecule has 2 aliphatic heterocycles. The number of hydrogen-bond acceptors (Lipinski definition) is 7. The molecule has 0 atom stereocenters. The summed E-state index contributed by atoms with van der Waals surface area (Å²) in [6, 6.07) is 0. The van der Waals surface area contributed by atoms with Crippen LogP contribution >= 0.6 is 11.3 Å². The Morgan fingerprint density at radius 2 is 2.19 bits per heavy atom. The van der Waals surface area contributed by atoms with Crippen molar-refractivity contribution in [2.45, 2.75) is 37.9 Å². The summed E-state index contributed by atoms with van der Waals surface area (Å²) in [4.78, 5) is 0.854. The molecule has 2 fully saturated rings. The molecular formula is C13H19N5O2S. The van der Waals surface area contributed by atoms with E-state index in [9.17, 15) is 0 Å². The van der Waals surface area contributed by atoms with Gasteiger partial charge in [-0.2, -0.15) is 9.61 Å². The summed E-state index contributed by atoms with van der Waals surface area (Å²) >= 11 is 1.56. The van der Waals surface area contributed by atoms with Gasteiger partial charge in [0.25, 0.3) is 0 Å². The molecule has 4 rings (SSSR count). The van der Waals surface area contributed by atoms with Gasteiger partial charge in [-0.1, -0.05) is 11.3 Å². The average molecular weight is 309 g/mol. The Labute approximate surface area is 126 Å². The fourth-order valence-electron chi connectivity index (χ4n) is 2.76. The summed E-state index contributed by atoms with van der Waals surface area (Å²) in [6.07, 6.45) is 1.99. The fraction of sp³-hybridized carbons (Fsp3) is 0.769. The first-order valence-electron chi connectivity index (χ1n) is 7.37. The molecule has 7 nitrogen and oxygen atoms in total. The molecule has 0 amide bonds. The predicted molar refractivity (Wildman–Crippen MR) is 77.5 cm³/mol. The van der Waals surface area contributed by atoms with Crippen LogP contribution in [0.3, 0.4) is 0 Å². The zero-order valence-electron chi connectivity index (χ0n) is 12.0. The molecule has 0 spiro atoms. The van der Waals surface area contributed by atoms with Crippen LogP contribution in [-0.4, -0.2) is 51.7 Å². The van der Waals surface area contributed by atoms with E-state index in [-0.39, 0.29) is 5.60 Å². The number of fused-ring (bicyclic) bond motifs is 1. The molecular weight excluding hydrogens is 290 g/mol. The highest BCUT2D eigenvalue weighted by molar-refractivity contribution is 7.16. The number of rotatable bonds is 4. The van der Waals surface area contributed by atoms with E-state index in [2.05, 4.69) is 27.5 Å². The predicted octanol–water partition coefficient (Wildman–Crippen LogP) is 0.958. The molecule has 8 heteroatoms. The lowest BCUT2D eigenvalue weighted by atomic mass is 10.00. The molecule has 2 aromatic rings. The van der Waals surface area contributed by atoms with Gasteiger partial charge in [0.1, 0.15) is 11.6 Å². The summed E-state index contributed by atoms with van der Waals surface area (Å²) in [6.45, 7) is 6.07. The van der Waals surface area contributed by atoms with Gasteiger partial charge in [0.15, 0.2) is 5.82 Å². The Morgan fingerprint density at radius 1 is 1.38 bits per heavy atom. The molecule has 2 aliphatic rings. The molecule has 0 bridgehead atoms. The van der Waals surface area contributed by atoms with Gasteiger partial charge in [0, 0.05) is 32.2 Å². The minimum atomic E-state index is -0.0461. The maximum Gasteiger partial charge on any atom is 0.234 e. The Hall–Kier alpha value is -1.09. The first-order chi connectivity index (χ1) is 10.2. The summed E-state index contributed by atoms with van der Waals surface area (Å²) in [5.74, 6) is 1.37. The molecule has 0 aliphatic carbocycles. The van der Waals surface area contributed by atoms with Crippen molar-refractivity contribution in [1.82, 2.24) is 25.1 Å². The maximum atomic E-state index is 5.94. The molecule has 2 aromatic heterocycles. The average Bonchev–Trinajstić information content (AvgIpc) is 3.03. The topological polar surface area (TPSA) is 73.6 Å². The number of hydrogen-bond donors (Lipinski definition) is 1. The summed E-state index contributed by atoms with van der Waals surface area (Å²) in [7, 11) is 0. The van der Waals surface area contributed by atoms with Crippen LogP contribution in [0.1, 0.15) is 36.5 Å². The van der Waals surface area contributed by atoms with Crippen LogP contribution in [0.15, 0.2) is 0 Å². The summed E-state index contributed by atoms with van der Waals surface area (Å²) < 4.78 is 13.2. The van der Waals surface area contributed by atoms with Gasteiger partial charge in [-0.25, -0.2) is 0 Å². The Kier molecular flexibility index (Phi) is 3.41. The van der Waals surface area contributed by atoms with E-state index < -0.39 is 0 Å². The molecule has 0 radical (unpaired) electrons. The smallest absolute Gasteiger partial charge is 0.234 e. The second kappa shape index (κ2) is 5.28. The number of nitrogens with zero attached hydrogens (tertiary/aromatic N) is 4. The summed E-state index contributed by atoms with van der Waals surface area (Å²) in [5.41, 5.74) is -0.0461. The van der Waals surface area contributed by atoms with Gasteiger partial charge in [0.05, 0.1) is 5.60 Å². The van der Waals surface area contributed by atoms with Gasteiger partial charge >= 0.3 is 0 Å². The fourth-order valence-corrected chi connectivity index (χ4v) is 3.51. The molecule has 4 heterocycles. The first-order valence-corrected chi connectivity index (χ1v) is 8.19. The van der Waals surface area contributed by atoms with Gasteiger partial charge in [0.2, 0.25) is 4.96 Å². The van der Waals surface area contributed by atoms with Crippen LogP contribution in [0, 0.1) is 0 Å². The van der Waals surface area contributed by atoms with Crippen molar-refractivity contribution in [1.29, 1.82) is 0 Å². The zero-order valence-corrected chi connectivity index (χ0v) is 12.9. The van der Waals surface area contributed by atoms with E-state index >= 15 is 0 Å². The lowest BCUT2D eigenvalue weighted by molar-refractivity contribution is -0.0769. The monoisotopic (exact) mass is 309 g/mol. The highest BCUT2D eigenvalue weighted by Crippen LogP contribution is 2.27.